The highest BCUT2D eigenvalue weighted by Gasteiger charge is 2.51. The number of aromatic nitrogens is 3. The van der Waals surface area contributed by atoms with Crippen molar-refractivity contribution in [3.63, 3.8) is 0 Å². The Labute approximate surface area is 127 Å². The largest absolute Gasteiger partial charge is 0.354 e. The van der Waals surface area contributed by atoms with Gasteiger partial charge in [-0.15, -0.1) is 0 Å². The molecular formula is C15H16N6O. The molecule has 1 atom stereocenters. The molecule has 2 saturated heterocycles. The molecule has 2 aliphatic heterocycles. The minimum Gasteiger partial charge on any atom is -0.354 e. The number of nitrogens with one attached hydrogen (secondary N) is 1. The number of hydrogen-bond acceptors (Lipinski definition) is 5. The number of likely N-dealkylation sites (tertiary alicyclic amines) is 1. The SMILES string of the molecule is N#CCC(=O)N1CCC12CCN(c1ncnc3[nH]ccc13)C2. The average molecular weight is 296 g/mol. The number of hydrogen-bond donors (Lipinski definition) is 1. The van der Waals surface area contributed by atoms with Gasteiger partial charge in [-0.25, -0.2) is 9.97 Å². The van der Waals surface area contributed by atoms with E-state index in [0.717, 1.165) is 49.3 Å². The number of carbonyl (C=O) groups is 1. The lowest BCUT2D eigenvalue weighted by molar-refractivity contribution is -0.144. The number of H-pyrrole nitrogens is 1. The van der Waals surface area contributed by atoms with Crippen molar-refractivity contribution in [2.45, 2.75) is 24.8 Å². The van der Waals surface area contributed by atoms with Gasteiger partial charge in [0.1, 0.15) is 24.2 Å². The summed E-state index contributed by atoms with van der Waals surface area (Å²) in [5.41, 5.74) is 0.721. The van der Waals surface area contributed by atoms with Gasteiger partial charge in [0.25, 0.3) is 0 Å². The second kappa shape index (κ2) is 4.70. The summed E-state index contributed by atoms with van der Waals surface area (Å²) in [4.78, 5) is 27.9. The van der Waals surface area contributed by atoms with Crippen LogP contribution in [-0.4, -0.2) is 50.9 Å². The Morgan fingerprint density at radius 3 is 3.05 bits per heavy atom. The molecule has 2 fully saturated rings. The Bertz CT molecular complexity index is 778. The number of nitrogens with zero attached hydrogens (tertiary/aromatic N) is 5. The van der Waals surface area contributed by atoms with E-state index in [0.29, 0.717) is 0 Å². The first-order chi connectivity index (χ1) is 10.7. The van der Waals surface area contributed by atoms with Crippen LogP contribution in [0.5, 0.6) is 0 Å². The van der Waals surface area contributed by atoms with Crippen molar-refractivity contribution >= 4 is 22.8 Å². The number of fused-ring (bicyclic) bond motifs is 1. The Morgan fingerprint density at radius 2 is 2.27 bits per heavy atom. The molecule has 0 bridgehead atoms. The van der Waals surface area contributed by atoms with E-state index in [-0.39, 0.29) is 17.9 Å². The van der Waals surface area contributed by atoms with Gasteiger partial charge in [-0.1, -0.05) is 0 Å². The fraction of sp³-hybridized carbons (Fsp3) is 0.467. The highest BCUT2D eigenvalue weighted by atomic mass is 16.2. The molecule has 0 saturated carbocycles. The van der Waals surface area contributed by atoms with Crippen LogP contribution in [0.2, 0.25) is 0 Å². The van der Waals surface area contributed by atoms with Gasteiger partial charge in [-0.2, -0.15) is 5.26 Å². The van der Waals surface area contributed by atoms with Crippen LogP contribution in [0.4, 0.5) is 5.82 Å². The number of amides is 1. The van der Waals surface area contributed by atoms with Crippen molar-refractivity contribution in [2.75, 3.05) is 24.5 Å². The van der Waals surface area contributed by atoms with Crippen LogP contribution in [0, 0.1) is 11.3 Å². The van der Waals surface area contributed by atoms with Gasteiger partial charge in [0.05, 0.1) is 17.0 Å². The second-order valence-electron chi connectivity index (χ2n) is 5.96. The van der Waals surface area contributed by atoms with Crippen molar-refractivity contribution in [3.05, 3.63) is 18.6 Å². The van der Waals surface area contributed by atoms with Crippen molar-refractivity contribution in [2.24, 2.45) is 0 Å². The summed E-state index contributed by atoms with van der Waals surface area (Å²) >= 11 is 0. The molecule has 2 aromatic rings. The van der Waals surface area contributed by atoms with Gasteiger partial charge < -0.3 is 14.8 Å². The number of rotatable bonds is 2. The topological polar surface area (TPSA) is 88.9 Å². The smallest absolute Gasteiger partial charge is 0.237 e. The summed E-state index contributed by atoms with van der Waals surface area (Å²) < 4.78 is 0. The zero-order chi connectivity index (χ0) is 15.2. The molecule has 112 valence electrons. The maximum Gasteiger partial charge on any atom is 0.237 e. The van der Waals surface area contributed by atoms with Gasteiger partial charge in [-0.05, 0) is 18.9 Å². The summed E-state index contributed by atoms with van der Waals surface area (Å²) in [7, 11) is 0. The van der Waals surface area contributed by atoms with E-state index in [1.165, 1.54) is 0 Å². The fourth-order valence-corrected chi connectivity index (χ4v) is 3.66. The van der Waals surface area contributed by atoms with Crippen molar-refractivity contribution in [1.29, 1.82) is 5.26 Å². The Hall–Kier alpha value is -2.62. The van der Waals surface area contributed by atoms with Gasteiger partial charge >= 0.3 is 0 Å². The maximum atomic E-state index is 12.1. The number of nitriles is 1. The molecule has 22 heavy (non-hydrogen) atoms. The monoisotopic (exact) mass is 296 g/mol. The minimum atomic E-state index is -0.110. The zero-order valence-corrected chi connectivity index (χ0v) is 12.1. The molecule has 1 amide bonds. The summed E-state index contributed by atoms with van der Waals surface area (Å²) in [5, 5.41) is 9.74. The molecule has 1 N–H and O–H groups in total. The highest BCUT2D eigenvalue weighted by molar-refractivity contribution is 5.87. The summed E-state index contributed by atoms with van der Waals surface area (Å²) in [6, 6.07) is 3.94. The van der Waals surface area contributed by atoms with Crippen LogP contribution in [0.25, 0.3) is 11.0 Å². The first-order valence-corrected chi connectivity index (χ1v) is 7.44. The Kier molecular flexibility index (Phi) is 2.79. The first kappa shape index (κ1) is 13.1. The second-order valence-corrected chi connectivity index (χ2v) is 5.96. The van der Waals surface area contributed by atoms with E-state index in [1.807, 2.05) is 23.2 Å². The third-order valence-electron chi connectivity index (χ3n) is 4.87. The van der Waals surface area contributed by atoms with E-state index in [4.69, 9.17) is 5.26 Å². The molecule has 4 rings (SSSR count). The highest BCUT2D eigenvalue weighted by Crippen LogP contribution is 2.41. The van der Waals surface area contributed by atoms with Crippen LogP contribution >= 0.6 is 0 Å². The molecular weight excluding hydrogens is 280 g/mol. The lowest BCUT2D eigenvalue weighted by Crippen LogP contribution is -2.63. The van der Waals surface area contributed by atoms with Crippen LogP contribution < -0.4 is 4.90 Å². The maximum absolute atomic E-state index is 12.1. The van der Waals surface area contributed by atoms with Crippen LogP contribution in [-0.2, 0) is 4.79 Å². The first-order valence-electron chi connectivity index (χ1n) is 7.44. The minimum absolute atomic E-state index is 0.0304. The molecule has 0 aliphatic carbocycles. The third-order valence-corrected chi connectivity index (χ3v) is 4.87. The van der Waals surface area contributed by atoms with Gasteiger partial charge in [-0.3, -0.25) is 4.79 Å². The fourth-order valence-electron chi connectivity index (χ4n) is 3.66. The van der Waals surface area contributed by atoms with Gasteiger partial charge in [0.15, 0.2) is 0 Å². The average Bonchev–Trinajstić information content (AvgIpc) is 3.14. The van der Waals surface area contributed by atoms with Crippen molar-refractivity contribution in [1.82, 2.24) is 19.9 Å². The molecule has 2 aromatic heterocycles. The number of anilines is 1. The zero-order valence-electron chi connectivity index (χ0n) is 12.1. The summed E-state index contributed by atoms with van der Waals surface area (Å²) in [6.07, 6.45) is 5.33. The molecule has 1 spiro atoms. The molecule has 0 aromatic carbocycles. The van der Waals surface area contributed by atoms with E-state index < -0.39 is 0 Å². The summed E-state index contributed by atoms with van der Waals surface area (Å²) in [5.74, 6) is 0.868. The normalized spacial score (nSPS) is 23.8. The van der Waals surface area contributed by atoms with Crippen LogP contribution in [0.1, 0.15) is 19.3 Å². The molecule has 7 heteroatoms. The van der Waals surface area contributed by atoms with E-state index in [1.54, 1.807) is 6.33 Å². The predicted molar refractivity (Wildman–Crippen MR) is 80.0 cm³/mol. The standard InChI is InChI=1S/C15H16N6O/c16-5-1-12(22)21-8-4-15(21)3-7-20(9-15)14-11-2-6-17-13(11)18-10-19-14/h2,6,10H,1,3-4,7-9H2,(H,17,18,19). The van der Waals surface area contributed by atoms with E-state index in [9.17, 15) is 4.79 Å². The third kappa shape index (κ3) is 1.77. The molecule has 0 radical (unpaired) electrons. The van der Waals surface area contributed by atoms with Crippen LogP contribution in [0.3, 0.4) is 0 Å². The lowest BCUT2D eigenvalue weighted by atomic mass is 9.83. The van der Waals surface area contributed by atoms with Crippen LogP contribution in [0.15, 0.2) is 18.6 Å². The van der Waals surface area contributed by atoms with Crippen molar-refractivity contribution in [3.8, 4) is 6.07 Å². The van der Waals surface area contributed by atoms with E-state index in [2.05, 4.69) is 19.9 Å². The van der Waals surface area contributed by atoms with E-state index >= 15 is 0 Å². The number of carbonyl (C=O) groups excluding carboxylic acids is 1. The Morgan fingerprint density at radius 1 is 1.41 bits per heavy atom. The van der Waals surface area contributed by atoms with Gasteiger partial charge in [0, 0.05) is 25.8 Å². The molecule has 4 heterocycles. The number of aromatic amines is 1. The van der Waals surface area contributed by atoms with Crippen molar-refractivity contribution < 1.29 is 4.79 Å². The Balaban J connectivity index is 1.59. The predicted octanol–water partition coefficient (Wildman–Crippen LogP) is 1.05. The quantitative estimate of drug-likeness (QED) is 0.895. The molecule has 2 aliphatic rings. The molecule has 1 unspecified atom stereocenters. The summed E-state index contributed by atoms with van der Waals surface area (Å²) in [6.45, 7) is 2.41. The van der Waals surface area contributed by atoms with Gasteiger partial charge in [0.2, 0.25) is 5.91 Å². The lowest BCUT2D eigenvalue weighted by Gasteiger charge is -2.50. The molecule has 7 nitrogen and oxygen atoms in total.